The first kappa shape index (κ1) is 20.9. The first-order valence-electron chi connectivity index (χ1n) is 9.11. The summed E-state index contributed by atoms with van der Waals surface area (Å²) >= 11 is 0. The van der Waals surface area contributed by atoms with Gasteiger partial charge in [0.25, 0.3) is 0 Å². The number of sulfonamides is 1. The van der Waals surface area contributed by atoms with Gasteiger partial charge in [0.15, 0.2) is 0 Å². The number of nitrogens with one attached hydrogen (secondary N) is 1. The van der Waals surface area contributed by atoms with E-state index in [1.807, 2.05) is 31.2 Å². The zero-order chi connectivity index (χ0) is 21.3. The third-order valence-electron chi connectivity index (χ3n) is 4.40. The number of aliphatic hydroxyl groups is 1. The number of rotatable bonds is 6. The third-order valence-corrected chi connectivity index (χ3v) is 4.99. The molecule has 1 heterocycles. The molecule has 0 spiro atoms. The summed E-state index contributed by atoms with van der Waals surface area (Å²) in [5.41, 5.74) is 2.79. The van der Waals surface area contributed by atoms with E-state index >= 15 is 0 Å². The lowest BCUT2D eigenvalue weighted by atomic mass is 10.0. The molecular weight excluding hydrogens is 394 g/mol. The molecule has 3 rings (SSSR count). The monoisotopic (exact) mass is 417 g/mol. The fraction of sp³-hybridized carbons (Fsp3) is 0.286. The predicted octanol–water partition coefficient (Wildman–Crippen LogP) is 4.01. The Morgan fingerprint density at radius 2 is 1.90 bits per heavy atom. The van der Waals surface area contributed by atoms with Crippen LogP contribution in [-0.2, 0) is 14.8 Å². The average Bonchev–Trinajstić information content (AvgIpc) is 2.98. The van der Waals surface area contributed by atoms with Crippen molar-refractivity contribution in [3.05, 3.63) is 53.1 Å². The van der Waals surface area contributed by atoms with Crippen LogP contribution in [0.25, 0.3) is 22.3 Å². The van der Waals surface area contributed by atoms with Crippen molar-refractivity contribution < 1.29 is 27.5 Å². The molecule has 0 aliphatic rings. The van der Waals surface area contributed by atoms with Crippen LogP contribution in [0.5, 0.6) is 0 Å². The maximum absolute atomic E-state index is 12.7. The maximum Gasteiger partial charge on any atom is 0.342 e. The van der Waals surface area contributed by atoms with Gasteiger partial charge in [0, 0.05) is 22.6 Å². The fourth-order valence-corrected chi connectivity index (χ4v) is 3.68. The van der Waals surface area contributed by atoms with E-state index in [1.165, 1.54) is 13.0 Å². The van der Waals surface area contributed by atoms with E-state index in [2.05, 4.69) is 4.72 Å². The van der Waals surface area contributed by atoms with Gasteiger partial charge >= 0.3 is 5.97 Å². The van der Waals surface area contributed by atoms with E-state index in [1.54, 1.807) is 13.0 Å². The molecule has 2 N–H and O–H groups in total. The summed E-state index contributed by atoms with van der Waals surface area (Å²) in [6, 6.07) is 10.5. The molecule has 8 heteroatoms. The predicted molar refractivity (Wildman–Crippen MR) is 111 cm³/mol. The van der Waals surface area contributed by atoms with Crippen molar-refractivity contribution in [2.45, 2.75) is 26.9 Å². The van der Waals surface area contributed by atoms with Gasteiger partial charge in [-0.05, 0) is 26.8 Å². The maximum atomic E-state index is 12.7. The zero-order valence-corrected chi connectivity index (χ0v) is 17.5. The van der Waals surface area contributed by atoms with Crippen LogP contribution in [0.2, 0.25) is 0 Å². The second kappa shape index (κ2) is 7.88. The summed E-state index contributed by atoms with van der Waals surface area (Å²) < 4.78 is 37.0. The Labute approximate surface area is 169 Å². The molecule has 0 aliphatic heterocycles. The molecule has 0 amide bonds. The van der Waals surface area contributed by atoms with Gasteiger partial charge in [0.2, 0.25) is 10.0 Å². The van der Waals surface area contributed by atoms with E-state index < -0.39 is 22.1 Å². The van der Waals surface area contributed by atoms with Crippen molar-refractivity contribution in [3.63, 3.8) is 0 Å². The molecule has 0 unspecified atom stereocenters. The summed E-state index contributed by atoms with van der Waals surface area (Å²) in [5, 5.41) is 10.6. The standard InChI is InChI=1S/C21H23NO6S/c1-5-27-21(24)19-16-10-15(13(3)23)17(22-29(4,25)26)11-18(16)28-20(19)14-8-6-12(2)7-9-14/h6-11,13,22-23H,5H2,1-4H3/t13-/m1/s1. The normalized spacial score (nSPS) is 12.7. The second-order valence-corrected chi connectivity index (χ2v) is 8.63. The molecule has 0 aliphatic carbocycles. The number of esters is 1. The highest BCUT2D eigenvalue weighted by Gasteiger charge is 2.25. The van der Waals surface area contributed by atoms with Crippen LogP contribution < -0.4 is 4.72 Å². The van der Waals surface area contributed by atoms with Gasteiger partial charge in [-0.15, -0.1) is 0 Å². The van der Waals surface area contributed by atoms with Crippen molar-refractivity contribution in [2.24, 2.45) is 0 Å². The summed E-state index contributed by atoms with van der Waals surface area (Å²) in [6.07, 6.45) is 0.0452. The third kappa shape index (κ3) is 4.44. The van der Waals surface area contributed by atoms with Crippen LogP contribution in [0.4, 0.5) is 5.69 Å². The molecule has 0 saturated heterocycles. The van der Waals surface area contributed by atoms with Crippen molar-refractivity contribution in [3.8, 4) is 11.3 Å². The molecule has 0 saturated carbocycles. The van der Waals surface area contributed by atoms with Crippen LogP contribution in [0, 0.1) is 6.92 Å². The number of fused-ring (bicyclic) bond motifs is 1. The molecular formula is C21H23NO6S. The SMILES string of the molecule is CCOC(=O)c1c(-c2ccc(C)cc2)oc2cc(NS(C)(=O)=O)c([C@@H](C)O)cc12. The molecule has 1 aromatic heterocycles. The van der Waals surface area contributed by atoms with Crippen LogP contribution >= 0.6 is 0 Å². The first-order valence-corrected chi connectivity index (χ1v) is 11.0. The lowest BCUT2D eigenvalue weighted by Gasteiger charge is -2.13. The van der Waals surface area contributed by atoms with E-state index in [0.717, 1.165) is 11.8 Å². The number of carbonyl (C=O) groups is 1. The molecule has 29 heavy (non-hydrogen) atoms. The Morgan fingerprint density at radius 1 is 1.24 bits per heavy atom. The minimum absolute atomic E-state index is 0.189. The lowest BCUT2D eigenvalue weighted by Crippen LogP contribution is -2.12. The van der Waals surface area contributed by atoms with Gasteiger partial charge in [-0.3, -0.25) is 4.72 Å². The van der Waals surface area contributed by atoms with Crippen molar-refractivity contribution in [2.75, 3.05) is 17.6 Å². The Hall–Kier alpha value is -2.84. The Morgan fingerprint density at radius 3 is 2.45 bits per heavy atom. The Kier molecular flexibility index (Phi) is 5.68. The molecule has 154 valence electrons. The van der Waals surface area contributed by atoms with Crippen molar-refractivity contribution in [1.29, 1.82) is 0 Å². The topological polar surface area (TPSA) is 106 Å². The summed E-state index contributed by atoms with van der Waals surface area (Å²) in [4.78, 5) is 12.7. The molecule has 0 bridgehead atoms. The summed E-state index contributed by atoms with van der Waals surface area (Å²) in [5.74, 6) is -0.228. The van der Waals surface area contributed by atoms with Gasteiger partial charge < -0.3 is 14.3 Å². The smallest absolute Gasteiger partial charge is 0.342 e. The molecule has 2 aromatic carbocycles. The van der Waals surface area contributed by atoms with Gasteiger partial charge in [-0.2, -0.15) is 0 Å². The van der Waals surface area contributed by atoms with Crippen LogP contribution in [0.15, 0.2) is 40.8 Å². The van der Waals surface area contributed by atoms with Crippen molar-refractivity contribution in [1.82, 2.24) is 0 Å². The highest BCUT2D eigenvalue weighted by atomic mass is 32.2. The highest BCUT2D eigenvalue weighted by molar-refractivity contribution is 7.92. The number of hydrogen-bond acceptors (Lipinski definition) is 6. The molecule has 7 nitrogen and oxygen atoms in total. The number of aryl methyl sites for hydroxylation is 1. The summed E-state index contributed by atoms with van der Waals surface area (Å²) in [7, 11) is -3.58. The minimum atomic E-state index is -3.58. The number of ether oxygens (including phenoxy) is 1. The quantitative estimate of drug-likeness (QED) is 0.587. The number of hydrogen-bond donors (Lipinski definition) is 2. The number of benzene rings is 2. The van der Waals surface area contributed by atoms with Crippen molar-refractivity contribution >= 4 is 32.6 Å². The second-order valence-electron chi connectivity index (χ2n) is 6.88. The van der Waals surface area contributed by atoms with E-state index in [4.69, 9.17) is 9.15 Å². The van der Waals surface area contributed by atoms with E-state index in [-0.39, 0.29) is 17.9 Å². The van der Waals surface area contributed by atoms with Gasteiger partial charge in [-0.1, -0.05) is 29.8 Å². The molecule has 0 radical (unpaired) electrons. The van der Waals surface area contributed by atoms with Gasteiger partial charge in [0.05, 0.1) is 24.7 Å². The number of furan rings is 1. The Balaban J connectivity index is 2.32. The summed E-state index contributed by atoms with van der Waals surface area (Å²) in [6.45, 7) is 5.36. The lowest BCUT2D eigenvalue weighted by molar-refractivity contribution is 0.0528. The largest absolute Gasteiger partial charge is 0.462 e. The van der Waals surface area contributed by atoms with E-state index in [0.29, 0.717) is 27.9 Å². The minimum Gasteiger partial charge on any atom is -0.462 e. The van der Waals surface area contributed by atoms with E-state index in [9.17, 15) is 18.3 Å². The van der Waals surface area contributed by atoms with Gasteiger partial charge in [-0.25, -0.2) is 13.2 Å². The first-order chi connectivity index (χ1) is 13.6. The molecule has 1 atom stereocenters. The highest BCUT2D eigenvalue weighted by Crippen LogP contribution is 2.38. The fourth-order valence-electron chi connectivity index (χ4n) is 3.11. The van der Waals surface area contributed by atoms with Crippen LogP contribution in [0.3, 0.4) is 0 Å². The average molecular weight is 417 g/mol. The molecule has 3 aromatic rings. The van der Waals surface area contributed by atoms with Crippen LogP contribution in [0.1, 0.15) is 41.4 Å². The molecule has 0 fully saturated rings. The number of aliphatic hydroxyl groups excluding tert-OH is 1. The Bertz CT molecular complexity index is 1160. The van der Waals surface area contributed by atoms with Crippen LogP contribution in [-0.4, -0.2) is 32.4 Å². The number of carbonyl (C=O) groups excluding carboxylic acids is 1. The van der Waals surface area contributed by atoms with Gasteiger partial charge in [0.1, 0.15) is 16.9 Å². The number of anilines is 1. The zero-order valence-electron chi connectivity index (χ0n) is 16.6.